The molecule has 3 heteroatoms. The Bertz CT molecular complexity index is 626. The monoisotopic (exact) mass is 270 g/mol. The molecule has 0 fully saturated rings. The molecule has 0 heterocycles. The van der Waals surface area contributed by atoms with Crippen LogP contribution in [0.1, 0.15) is 22.3 Å². The van der Waals surface area contributed by atoms with Crippen LogP contribution in [0.5, 0.6) is 11.5 Å². The number of phenols is 1. The van der Waals surface area contributed by atoms with Gasteiger partial charge in [0.15, 0.2) is 0 Å². The Morgan fingerprint density at radius 3 is 1.65 bits per heavy atom. The molecule has 3 nitrogen and oxygen atoms in total. The molecule has 0 bridgehead atoms. The first-order chi connectivity index (χ1) is 9.43. The molecule has 2 aromatic carbocycles. The second-order valence-electron chi connectivity index (χ2n) is 5.11. The first kappa shape index (κ1) is 14.1. The van der Waals surface area contributed by atoms with Gasteiger partial charge in [-0.3, -0.25) is 4.79 Å². The Labute approximate surface area is 118 Å². The van der Waals surface area contributed by atoms with E-state index >= 15 is 0 Å². The molecule has 0 radical (unpaired) electrons. The van der Waals surface area contributed by atoms with E-state index < -0.39 is 0 Å². The Balaban J connectivity index is 2.57. The average molecular weight is 270 g/mol. The predicted octanol–water partition coefficient (Wildman–Crippen LogP) is 3.83. The molecule has 2 aromatic rings. The van der Waals surface area contributed by atoms with Crippen molar-refractivity contribution in [2.45, 2.75) is 27.7 Å². The van der Waals surface area contributed by atoms with Crippen molar-refractivity contribution in [3.63, 3.8) is 0 Å². The van der Waals surface area contributed by atoms with E-state index in [1.165, 1.54) is 0 Å². The molecule has 0 unspecified atom stereocenters. The van der Waals surface area contributed by atoms with Crippen molar-refractivity contribution in [3.8, 4) is 22.6 Å². The molecular weight excluding hydrogens is 252 g/mol. The van der Waals surface area contributed by atoms with Crippen molar-refractivity contribution in [1.29, 1.82) is 0 Å². The SMILES string of the molecule is Cc1cc(-c2cc(C)c(OC=O)c(C)c2)cc(C)c1O. The summed E-state index contributed by atoms with van der Waals surface area (Å²) < 4.78 is 5.00. The quantitative estimate of drug-likeness (QED) is 0.862. The van der Waals surface area contributed by atoms with Gasteiger partial charge in [-0.25, -0.2) is 0 Å². The fourth-order valence-electron chi connectivity index (χ4n) is 2.47. The maximum atomic E-state index is 10.5. The minimum absolute atomic E-state index is 0.336. The summed E-state index contributed by atoms with van der Waals surface area (Å²) >= 11 is 0. The average Bonchev–Trinajstić information content (AvgIpc) is 2.39. The largest absolute Gasteiger partial charge is 0.507 e. The highest BCUT2D eigenvalue weighted by molar-refractivity contribution is 5.70. The molecule has 0 saturated heterocycles. The van der Waals surface area contributed by atoms with Gasteiger partial charge in [0.25, 0.3) is 6.47 Å². The highest BCUT2D eigenvalue weighted by Crippen LogP contribution is 2.33. The van der Waals surface area contributed by atoms with Gasteiger partial charge < -0.3 is 9.84 Å². The molecule has 0 aromatic heterocycles. The van der Waals surface area contributed by atoms with Crippen LogP contribution in [0, 0.1) is 27.7 Å². The van der Waals surface area contributed by atoms with Gasteiger partial charge >= 0.3 is 0 Å². The van der Waals surface area contributed by atoms with E-state index in [1.54, 1.807) is 0 Å². The zero-order valence-corrected chi connectivity index (χ0v) is 12.2. The summed E-state index contributed by atoms with van der Waals surface area (Å²) in [6, 6.07) is 7.88. The van der Waals surface area contributed by atoms with Crippen LogP contribution in [0.2, 0.25) is 0 Å². The highest BCUT2D eigenvalue weighted by Gasteiger charge is 2.10. The van der Waals surface area contributed by atoms with Gasteiger partial charge in [0, 0.05) is 0 Å². The molecule has 0 atom stereocenters. The number of carbonyl (C=O) groups excluding carboxylic acids is 1. The van der Waals surface area contributed by atoms with Crippen molar-refractivity contribution < 1.29 is 14.6 Å². The summed E-state index contributed by atoms with van der Waals surface area (Å²) in [4.78, 5) is 10.5. The van der Waals surface area contributed by atoms with Crippen LogP contribution in [0.15, 0.2) is 24.3 Å². The van der Waals surface area contributed by atoms with E-state index in [0.717, 1.165) is 33.4 Å². The van der Waals surface area contributed by atoms with Crippen LogP contribution in [-0.4, -0.2) is 11.6 Å². The number of phenolic OH excluding ortho intramolecular Hbond substituents is 1. The Morgan fingerprint density at radius 2 is 1.25 bits per heavy atom. The number of hydrogen-bond donors (Lipinski definition) is 1. The van der Waals surface area contributed by atoms with Crippen LogP contribution in [0.3, 0.4) is 0 Å². The summed E-state index contributed by atoms with van der Waals surface area (Å²) in [5.41, 5.74) is 5.61. The number of carbonyl (C=O) groups is 1. The van der Waals surface area contributed by atoms with E-state index in [9.17, 15) is 9.90 Å². The van der Waals surface area contributed by atoms with Gasteiger partial charge in [-0.05, 0) is 85.3 Å². The number of rotatable bonds is 3. The molecular formula is C17H18O3. The van der Waals surface area contributed by atoms with E-state index in [1.807, 2.05) is 52.0 Å². The molecule has 1 N–H and O–H groups in total. The second-order valence-corrected chi connectivity index (χ2v) is 5.11. The topological polar surface area (TPSA) is 46.5 Å². The lowest BCUT2D eigenvalue weighted by Crippen LogP contribution is -1.95. The first-order valence-electron chi connectivity index (χ1n) is 6.46. The summed E-state index contributed by atoms with van der Waals surface area (Å²) in [5, 5.41) is 9.84. The van der Waals surface area contributed by atoms with Crippen LogP contribution in [0.4, 0.5) is 0 Å². The molecule has 0 aliphatic carbocycles. The third kappa shape index (κ3) is 2.52. The minimum Gasteiger partial charge on any atom is -0.507 e. The maximum absolute atomic E-state index is 10.5. The zero-order valence-electron chi connectivity index (χ0n) is 12.2. The number of hydrogen-bond acceptors (Lipinski definition) is 3. The van der Waals surface area contributed by atoms with Crippen molar-refractivity contribution in [3.05, 3.63) is 46.5 Å². The minimum atomic E-state index is 0.336. The fraction of sp³-hybridized carbons (Fsp3) is 0.235. The van der Waals surface area contributed by atoms with Crippen molar-refractivity contribution in [2.75, 3.05) is 0 Å². The lowest BCUT2D eigenvalue weighted by Gasteiger charge is -2.12. The normalized spacial score (nSPS) is 10.4. The van der Waals surface area contributed by atoms with Crippen molar-refractivity contribution in [1.82, 2.24) is 0 Å². The molecule has 2 rings (SSSR count). The predicted molar refractivity (Wildman–Crippen MR) is 79.2 cm³/mol. The summed E-state index contributed by atoms with van der Waals surface area (Å²) in [6.07, 6.45) is 0. The molecule has 0 aliphatic heterocycles. The highest BCUT2D eigenvalue weighted by atomic mass is 16.5. The van der Waals surface area contributed by atoms with Crippen molar-refractivity contribution >= 4 is 6.47 Å². The van der Waals surface area contributed by atoms with E-state index in [2.05, 4.69) is 0 Å². The van der Waals surface area contributed by atoms with E-state index in [4.69, 9.17) is 4.74 Å². The number of aromatic hydroxyl groups is 1. The lowest BCUT2D eigenvalue weighted by atomic mass is 9.96. The van der Waals surface area contributed by atoms with Crippen LogP contribution >= 0.6 is 0 Å². The van der Waals surface area contributed by atoms with Crippen molar-refractivity contribution in [2.24, 2.45) is 0 Å². The Hall–Kier alpha value is -2.29. The van der Waals surface area contributed by atoms with Gasteiger partial charge in [0.1, 0.15) is 11.5 Å². The second kappa shape index (κ2) is 5.37. The summed E-state index contributed by atoms with van der Waals surface area (Å²) in [6.45, 7) is 8.04. The van der Waals surface area contributed by atoms with Gasteiger partial charge in [-0.2, -0.15) is 0 Å². The van der Waals surface area contributed by atoms with Crippen LogP contribution in [-0.2, 0) is 4.79 Å². The molecule has 0 saturated carbocycles. The first-order valence-corrected chi connectivity index (χ1v) is 6.46. The van der Waals surface area contributed by atoms with E-state index in [-0.39, 0.29) is 0 Å². The number of benzene rings is 2. The van der Waals surface area contributed by atoms with Gasteiger partial charge in [0.05, 0.1) is 0 Å². The summed E-state index contributed by atoms with van der Waals surface area (Å²) in [5.74, 6) is 0.944. The fourth-order valence-corrected chi connectivity index (χ4v) is 2.47. The third-order valence-electron chi connectivity index (χ3n) is 3.45. The summed E-state index contributed by atoms with van der Waals surface area (Å²) in [7, 11) is 0. The van der Waals surface area contributed by atoms with Gasteiger partial charge in [0.2, 0.25) is 0 Å². The standard InChI is InChI=1S/C17H18O3/c1-10-5-14(6-11(2)16(10)19)15-7-12(3)17(20-9-18)13(4)8-15/h5-9,19H,1-4H3. The van der Waals surface area contributed by atoms with Gasteiger partial charge in [-0.15, -0.1) is 0 Å². The van der Waals surface area contributed by atoms with E-state index in [0.29, 0.717) is 18.0 Å². The smallest absolute Gasteiger partial charge is 0.298 e. The molecule has 0 spiro atoms. The Kier molecular flexibility index (Phi) is 3.79. The zero-order chi connectivity index (χ0) is 14.9. The number of ether oxygens (including phenoxy) is 1. The molecule has 104 valence electrons. The third-order valence-corrected chi connectivity index (χ3v) is 3.45. The maximum Gasteiger partial charge on any atom is 0.298 e. The number of aryl methyl sites for hydroxylation is 4. The molecule has 0 aliphatic rings. The molecule has 0 amide bonds. The molecule has 20 heavy (non-hydrogen) atoms. The lowest BCUT2D eigenvalue weighted by molar-refractivity contribution is -0.120. The van der Waals surface area contributed by atoms with Gasteiger partial charge in [-0.1, -0.05) is 0 Å². The van der Waals surface area contributed by atoms with Crippen LogP contribution < -0.4 is 4.74 Å². The Morgan fingerprint density at radius 1 is 0.850 bits per heavy atom. The van der Waals surface area contributed by atoms with Crippen LogP contribution in [0.25, 0.3) is 11.1 Å².